The molecule has 3 rings (SSSR count). The van der Waals surface area contributed by atoms with Gasteiger partial charge in [0.1, 0.15) is 11.2 Å². The molecule has 0 atom stereocenters. The van der Waals surface area contributed by atoms with E-state index in [1.807, 2.05) is 29.2 Å². The summed E-state index contributed by atoms with van der Waals surface area (Å²) in [5.41, 5.74) is 0.201. The fourth-order valence-corrected chi connectivity index (χ4v) is 3.27. The molecule has 0 unspecified atom stereocenters. The smallest absolute Gasteiger partial charge is 0.238 e. The normalized spacial score (nSPS) is 19.7. The van der Waals surface area contributed by atoms with Crippen molar-refractivity contribution in [1.29, 1.82) is 0 Å². The van der Waals surface area contributed by atoms with E-state index < -0.39 is 5.41 Å². The van der Waals surface area contributed by atoms with Crippen LogP contribution in [0.15, 0.2) is 24.3 Å². The quantitative estimate of drug-likeness (QED) is 0.843. The zero-order valence-electron chi connectivity index (χ0n) is 14.5. The number of hydrogen-bond donors (Lipinski definition) is 1. The lowest BCUT2D eigenvalue weighted by Gasteiger charge is -2.32. The highest BCUT2D eigenvalue weighted by Gasteiger charge is 2.57. The third kappa shape index (κ3) is 3.40. The molecule has 2 fully saturated rings. The van der Waals surface area contributed by atoms with Crippen molar-refractivity contribution in [2.45, 2.75) is 39.2 Å². The van der Waals surface area contributed by atoms with E-state index in [1.54, 1.807) is 7.11 Å². The molecule has 1 heterocycles. The molecule has 1 aromatic carbocycles. The Bertz CT molecular complexity index is 600. The van der Waals surface area contributed by atoms with Gasteiger partial charge < -0.3 is 15.0 Å². The molecule has 130 valence electrons. The van der Waals surface area contributed by atoms with E-state index in [1.165, 1.54) is 0 Å². The van der Waals surface area contributed by atoms with E-state index in [2.05, 4.69) is 12.2 Å². The van der Waals surface area contributed by atoms with Crippen LogP contribution in [0.5, 0.6) is 5.75 Å². The van der Waals surface area contributed by atoms with Crippen molar-refractivity contribution < 1.29 is 14.3 Å². The molecule has 1 N–H and O–H groups in total. The first kappa shape index (κ1) is 16.8. The van der Waals surface area contributed by atoms with E-state index in [9.17, 15) is 9.59 Å². The minimum absolute atomic E-state index is 0.0293. The Balaban J connectivity index is 1.56. The van der Waals surface area contributed by atoms with E-state index in [-0.39, 0.29) is 11.8 Å². The highest BCUT2D eigenvalue weighted by atomic mass is 16.5. The monoisotopic (exact) mass is 330 g/mol. The Hall–Kier alpha value is -2.04. The van der Waals surface area contributed by atoms with Crippen molar-refractivity contribution in [2.75, 3.05) is 20.2 Å². The Morgan fingerprint density at radius 3 is 2.38 bits per heavy atom. The molecule has 1 saturated carbocycles. The average molecular weight is 330 g/mol. The molecule has 1 saturated heterocycles. The number of ether oxygens (including phenoxy) is 1. The molecule has 0 radical (unpaired) electrons. The number of nitrogens with zero attached hydrogens (tertiary/aromatic N) is 1. The summed E-state index contributed by atoms with van der Waals surface area (Å²) in [4.78, 5) is 27.3. The summed E-state index contributed by atoms with van der Waals surface area (Å²) in [5, 5.41) is 2.94. The second-order valence-electron chi connectivity index (χ2n) is 7.09. The molecule has 1 aliphatic carbocycles. The average Bonchev–Trinajstić information content (AvgIpc) is 3.42. The maximum Gasteiger partial charge on any atom is 0.238 e. The topological polar surface area (TPSA) is 58.6 Å². The van der Waals surface area contributed by atoms with Crippen molar-refractivity contribution >= 4 is 11.8 Å². The maximum absolute atomic E-state index is 12.8. The number of piperidine rings is 1. The van der Waals surface area contributed by atoms with E-state index in [0.717, 1.165) is 37.2 Å². The fraction of sp³-hybridized carbons (Fsp3) is 0.579. The fourth-order valence-electron chi connectivity index (χ4n) is 3.27. The van der Waals surface area contributed by atoms with Gasteiger partial charge in [0.25, 0.3) is 0 Å². The number of nitrogens with one attached hydrogen (secondary N) is 1. The van der Waals surface area contributed by atoms with Gasteiger partial charge in [-0.25, -0.2) is 0 Å². The molecule has 2 amide bonds. The van der Waals surface area contributed by atoms with Crippen LogP contribution in [0.3, 0.4) is 0 Å². The predicted molar refractivity (Wildman–Crippen MR) is 91.5 cm³/mol. The first-order valence-electron chi connectivity index (χ1n) is 8.76. The number of carbonyl (C=O) groups excluding carboxylic acids is 2. The first-order chi connectivity index (χ1) is 11.5. The highest BCUT2D eigenvalue weighted by Crippen LogP contribution is 2.48. The van der Waals surface area contributed by atoms with E-state index in [0.29, 0.717) is 25.3 Å². The summed E-state index contributed by atoms with van der Waals surface area (Å²) in [7, 11) is 1.63. The third-order valence-electron chi connectivity index (χ3n) is 5.28. The van der Waals surface area contributed by atoms with Crippen molar-refractivity contribution in [2.24, 2.45) is 11.3 Å². The van der Waals surface area contributed by atoms with Gasteiger partial charge in [0.15, 0.2) is 0 Å². The summed E-state index contributed by atoms with van der Waals surface area (Å²) < 4.78 is 5.13. The van der Waals surface area contributed by atoms with Crippen molar-refractivity contribution in [3.05, 3.63) is 29.8 Å². The van der Waals surface area contributed by atoms with Gasteiger partial charge in [-0.15, -0.1) is 0 Å². The van der Waals surface area contributed by atoms with Crippen LogP contribution >= 0.6 is 0 Å². The minimum Gasteiger partial charge on any atom is -0.497 e. The molecule has 1 aromatic rings. The zero-order valence-corrected chi connectivity index (χ0v) is 14.5. The van der Waals surface area contributed by atoms with Crippen LogP contribution in [0.1, 0.15) is 38.2 Å². The van der Waals surface area contributed by atoms with Gasteiger partial charge in [-0.05, 0) is 49.3 Å². The van der Waals surface area contributed by atoms with Gasteiger partial charge in [-0.3, -0.25) is 9.59 Å². The number of rotatable bonds is 5. The van der Waals surface area contributed by atoms with Crippen molar-refractivity contribution in [3.63, 3.8) is 0 Å². The Morgan fingerprint density at radius 1 is 1.21 bits per heavy atom. The lowest BCUT2D eigenvalue weighted by Crippen LogP contribution is -2.47. The van der Waals surface area contributed by atoms with Gasteiger partial charge in [0.05, 0.1) is 7.11 Å². The number of hydrogen-bond acceptors (Lipinski definition) is 3. The van der Waals surface area contributed by atoms with Gasteiger partial charge in [-0.1, -0.05) is 19.1 Å². The van der Waals surface area contributed by atoms with Gasteiger partial charge in [0.2, 0.25) is 11.8 Å². The molecule has 2 aliphatic rings. The molecular formula is C19H26N2O3. The Kier molecular flexibility index (Phi) is 4.78. The van der Waals surface area contributed by atoms with Crippen LogP contribution in [0.25, 0.3) is 0 Å². The SMILES string of the molecule is COc1ccc(CNC(=O)C2(C(=O)N3CCC(C)CC3)CC2)cc1. The van der Waals surface area contributed by atoms with Gasteiger partial charge >= 0.3 is 0 Å². The molecule has 1 aliphatic heterocycles. The first-order valence-corrected chi connectivity index (χ1v) is 8.76. The number of carbonyl (C=O) groups is 2. The number of likely N-dealkylation sites (tertiary alicyclic amines) is 1. The van der Waals surface area contributed by atoms with Crippen LogP contribution < -0.4 is 10.1 Å². The molecule has 24 heavy (non-hydrogen) atoms. The Labute approximate surface area is 143 Å². The third-order valence-corrected chi connectivity index (χ3v) is 5.28. The molecule has 0 aromatic heterocycles. The minimum atomic E-state index is -0.799. The molecule has 5 heteroatoms. The van der Waals surface area contributed by atoms with E-state index >= 15 is 0 Å². The van der Waals surface area contributed by atoms with Crippen LogP contribution in [-0.2, 0) is 16.1 Å². The van der Waals surface area contributed by atoms with E-state index in [4.69, 9.17) is 4.74 Å². The largest absolute Gasteiger partial charge is 0.497 e. The molecule has 0 spiro atoms. The molecule has 5 nitrogen and oxygen atoms in total. The number of methoxy groups -OCH3 is 1. The summed E-state index contributed by atoms with van der Waals surface area (Å²) in [6, 6.07) is 7.59. The Morgan fingerprint density at radius 2 is 1.83 bits per heavy atom. The van der Waals surface area contributed by atoms with Gasteiger partial charge in [-0.2, -0.15) is 0 Å². The van der Waals surface area contributed by atoms with Gasteiger partial charge in [0, 0.05) is 19.6 Å². The standard InChI is InChI=1S/C19H26N2O3/c1-14-7-11-21(12-8-14)18(23)19(9-10-19)17(22)20-13-15-3-5-16(24-2)6-4-15/h3-6,14H,7-13H2,1-2H3,(H,20,22). The van der Waals surface area contributed by atoms with Crippen molar-refractivity contribution in [1.82, 2.24) is 10.2 Å². The number of benzene rings is 1. The maximum atomic E-state index is 12.8. The molecule has 0 bridgehead atoms. The van der Waals surface area contributed by atoms with Crippen LogP contribution in [-0.4, -0.2) is 36.9 Å². The lowest BCUT2D eigenvalue weighted by atomic mass is 9.96. The van der Waals surface area contributed by atoms with Crippen molar-refractivity contribution in [3.8, 4) is 5.75 Å². The lowest BCUT2D eigenvalue weighted by molar-refractivity contribution is -0.145. The summed E-state index contributed by atoms with van der Waals surface area (Å²) in [5.74, 6) is 1.37. The van der Waals surface area contributed by atoms with Crippen LogP contribution in [0, 0.1) is 11.3 Å². The second kappa shape index (κ2) is 6.83. The molecular weight excluding hydrogens is 304 g/mol. The van der Waals surface area contributed by atoms with Crippen LogP contribution in [0.4, 0.5) is 0 Å². The highest BCUT2D eigenvalue weighted by molar-refractivity contribution is 6.07. The summed E-state index contributed by atoms with van der Waals surface area (Å²) in [6.07, 6.45) is 3.42. The van der Waals surface area contributed by atoms with Crippen LogP contribution in [0.2, 0.25) is 0 Å². The summed E-state index contributed by atoms with van der Waals surface area (Å²) >= 11 is 0. The summed E-state index contributed by atoms with van der Waals surface area (Å²) in [6.45, 7) is 4.23. The second-order valence-corrected chi connectivity index (χ2v) is 7.09. The number of amides is 2. The predicted octanol–water partition coefficient (Wildman–Crippen LogP) is 2.35. The zero-order chi connectivity index (χ0) is 17.2.